The average molecular weight is 273 g/mol. The number of rotatable bonds is 4. The van der Waals surface area contributed by atoms with Crippen LogP contribution in [-0.2, 0) is 4.79 Å². The highest BCUT2D eigenvalue weighted by Crippen LogP contribution is 2.39. The Kier molecular flexibility index (Phi) is 4.23. The molecule has 0 bridgehead atoms. The number of nitriles is 1. The molecule has 20 heavy (non-hydrogen) atoms. The first-order chi connectivity index (χ1) is 9.55. The van der Waals surface area contributed by atoms with Crippen molar-refractivity contribution in [2.24, 2.45) is 11.3 Å². The van der Waals surface area contributed by atoms with Crippen LogP contribution in [0.25, 0.3) is 0 Å². The van der Waals surface area contributed by atoms with E-state index in [1.165, 1.54) is 0 Å². The predicted molar refractivity (Wildman–Crippen MR) is 75.1 cm³/mol. The van der Waals surface area contributed by atoms with E-state index in [2.05, 4.69) is 17.2 Å². The molecule has 0 saturated heterocycles. The molecule has 106 valence electrons. The number of carbonyl (C=O) groups is 1. The Morgan fingerprint density at radius 2 is 2.30 bits per heavy atom. The van der Waals surface area contributed by atoms with Crippen LogP contribution in [0, 0.1) is 22.7 Å². The summed E-state index contributed by atoms with van der Waals surface area (Å²) in [5.41, 5.74) is -0.194. The molecule has 5 nitrogen and oxygen atoms in total. The molecule has 5 heteroatoms. The normalized spacial score (nSPS) is 25.7. The number of carboxylic acid groups (broad SMARTS) is 1. The highest BCUT2D eigenvalue weighted by Gasteiger charge is 2.41. The molecule has 0 amide bonds. The second kappa shape index (κ2) is 5.91. The van der Waals surface area contributed by atoms with Gasteiger partial charge < -0.3 is 10.4 Å². The zero-order valence-electron chi connectivity index (χ0n) is 11.6. The number of anilines is 1. The zero-order valence-corrected chi connectivity index (χ0v) is 11.6. The van der Waals surface area contributed by atoms with Gasteiger partial charge in [-0.05, 0) is 43.7 Å². The van der Waals surface area contributed by atoms with Gasteiger partial charge in [0, 0.05) is 12.7 Å². The summed E-state index contributed by atoms with van der Waals surface area (Å²) in [7, 11) is 0. The van der Waals surface area contributed by atoms with E-state index < -0.39 is 11.4 Å². The lowest BCUT2D eigenvalue weighted by molar-refractivity contribution is -0.150. The smallest absolute Gasteiger partial charge is 0.311 e. The van der Waals surface area contributed by atoms with E-state index in [9.17, 15) is 9.90 Å². The van der Waals surface area contributed by atoms with Crippen LogP contribution in [0.3, 0.4) is 0 Å². The fraction of sp³-hybridized carbons (Fsp3) is 0.533. The first kappa shape index (κ1) is 14.3. The highest BCUT2D eigenvalue weighted by atomic mass is 16.4. The molecular formula is C15H19N3O2. The summed E-state index contributed by atoms with van der Waals surface area (Å²) in [5.74, 6) is 0.416. The minimum Gasteiger partial charge on any atom is -0.481 e. The minimum absolute atomic E-state index is 0.358. The van der Waals surface area contributed by atoms with Crippen LogP contribution in [0.5, 0.6) is 0 Å². The van der Waals surface area contributed by atoms with Gasteiger partial charge in [-0.15, -0.1) is 0 Å². The van der Waals surface area contributed by atoms with Gasteiger partial charge in [-0.2, -0.15) is 5.26 Å². The Balaban J connectivity index is 2.06. The Hall–Kier alpha value is -2.09. The third-order valence-electron chi connectivity index (χ3n) is 4.18. The van der Waals surface area contributed by atoms with Crippen molar-refractivity contribution in [2.45, 2.75) is 32.6 Å². The molecule has 0 spiro atoms. The summed E-state index contributed by atoms with van der Waals surface area (Å²) in [6.07, 6.45) is 4.82. The topological polar surface area (TPSA) is 86.0 Å². The molecule has 1 heterocycles. The molecule has 1 aliphatic rings. The molecule has 1 saturated carbocycles. The second-order valence-electron chi connectivity index (χ2n) is 5.66. The van der Waals surface area contributed by atoms with E-state index in [4.69, 9.17) is 5.26 Å². The van der Waals surface area contributed by atoms with Crippen molar-refractivity contribution in [3.8, 4) is 6.07 Å². The lowest BCUT2D eigenvalue weighted by atomic mass is 9.71. The summed E-state index contributed by atoms with van der Waals surface area (Å²) in [5, 5.41) is 21.5. The van der Waals surface area contributed by atoms with E-state index in [-0.39, 0.29) is 0 Å². The van der Waals surface area contributed by atoms with Gasteiger partial charge in [0.1, 0.15) is 5.82 Å². The molecule has 0 unspecified atom stereocenters. The molecular weight excluding hydrogens is 254 g/mol. The molecule has 1 aliphatic carbocycles. The third kappa shape index (κ3) is 3.08. The van der Waals surface area contributed by atoms with Crippen molar-refractivity contribution in [2.75, 3.05) is 11.9 Å². The van der Waals surface area contributed by atoms with Crippen LogP contribution in [0.2, 0.25) is 0 Å². The van der Waals surface area contributed by atoms with E-state index in [1.54, 1.807) is 18.3 Å². The van der Waals surface area contributed by atoms with Gasteiger partial charge in [0.05, 0.1) is 17.0 Å². The Labute approximate surface area is 118 Å². The van der Waals surface area contributed by atoms with Crippen LogP contribution >= 0.6 is 0 Å². The monoisotopic (exact) mass is 273 g/mol. The van der Waals surface area contributed by atoms with E-state index in [0.29, 0.717) is 36.7 Å². The fourth-order valence-corrected chi connectivity index (χ4v) is 2.64. The van der Waals surface area contributed by atoms with Gasteiger partial charge in [-0.1, -0.05) is 6.92 Å². The molecule has 0 aliphatic heterocycles. The number of nitrogens with one attached hydrogen (secondary N) is 1. The first-order valence-electron chi connectivity index (χ1n) is 6.89. The average Bonchev–Trinajstić information content (AvgIpc) is 2.47. The van der Waals surface area contributed by atoms with Crippen LogP contribution in [0.4, 0.5) is 5.82 Å². The molecule has 0 radical (unpaired) electrons. The summed E-state index contributed by atoms with van der Waals surface area (Å²) in [4.78, 5) is 15.7. The van der Waals surface area contributed by atoms with Gasteiger partial charge in [0.2, 0.25) is 0 Å². The summed E-state index contributed by atoms with van der Waals surface area (Å²) in [6.45, 7) is 2.52. The van der Waals surface area contributed by atoms with Crippen LogP contribution in [-0.4, -0.2) is 22.6 Å². The van der Waals surface area contributed by atoms with Crippen molar-refractivity contribution >= 4 is 11.8 Å². The van der Waals surface area contributed by atoms with Gasteiger partial charge in [-0.3, -0.25) is 4.79 Å². The summed E-state index contributed by atoms with van der Waals surface area (Å²) >= 11 is 0. The van der Waals surface area contributed by atoms with Gasteiger partial charge in [0.15, 0.2) is 0 Å². The standard InChI is InChI=1S/C15H19N3O2/c1-11-2-5-15(6-3-11,14(19)20)10-18-13-8-12(9-16)4-7-17-13/h4,7-8,11H,2-3,5-6,10H2,1H3,(H,17,18)(H,19,20). The quantitative estimate of drug-likeness (QED) is 0.880. The summed E-state index contributed by atoms with van der Waals surface area (Å²) < 4.78 is 0. The van der Waals surface area contributed by atoms with Crippen molar-refractivity contribution in [3.05, 3.63) is 23.9 Å². The summed E-state index contributed by atoms with van der Waals surface area (Å²) in [6, 6.07) is 5.31. The number of hydrogen-bond acceptors (Lipinski definition) is 4. The van der Waals surface area contributed by atoms with Gasteiger partial charge >= 0.3 is 5.97 Å². The Bertz CT molecular complexity index is 528. The maximum absolute atomic E-state index is 11.6. The van der Waals surface area contributed by atoms with E-state index >= 15 is 0 Å². The fourth-order valence-electron chi connectivity index (χ4n) is 2.64. The van der Waals surface area contributed by atoms with Crippen LogP contribution in [0.1, 0.15) is 38.2 Å². The lowest BCUT2D eigenvalue weighted by Gasteiger charge is -2.36. The molecule has 2 N–H and O–H groups in total. The van der Waals surface area contributed by atoms with Crippen molar-refractivity contribution < 1.29 is 9.90 Å². The number of aromatic nitrogens is 1. The number of aliphatic carboxylic acids is 1. The number of pyridine rings is 1. The third-order valence-corrected chi connectivity index (χ3v) is 4.18. The van der Waals surface area contributed by atoms with Crippen molar-refractivity contribution in [1.82, 2.24) is 4.98 Å². The van der Waals surface area contributed by atoms with Crippen molar-refractivity contribution in [1.29, 1.82) is 5.26 Å². The highest BCUT2D eigenvalue weighted by molar-refractivity contribution is 5.75. The molecule has 0 aromatic carbocycles. The predicted octanol–water partition coefficient (Wildman–Crippen LogP) is 2.65. The SMILES string of the molecule is CC1CCC(CNc2cc(C#N)ccn2)(C(=O)O)CC1. The zero-order chi connectivity index (χ0) is 14.6. The van der Waals surface area contributed by atoms with Gasteiger partial charge in [0.25, 0.3) is 0 Å². The minimum atomic E-state index is -0.742. The Morgan fingerprint density at radius 3 is 2.90 bits per heavy atom. The second-order valence-corrected chi connectivity index (χ2v) is 5.66. The Morgan fingerprint density at radius 1 is 1.60 bits per heavy atom. The molecule has 2 rings (SSSR count). The molecule has 1 aromatic rings. The molecule has 0 atom stereocenters. The largest absolute Gasteiger partial charge is 0.481 e. The van der Waals surface area contributed by atoms with Crippen LogP contribution in [0.15, 0.2) is 18.3 Å². The maximum Gasteiger partial charge on any atom is 0.311 e. The van der Waals surface area contributed by atoms with Gasteiger partial charge in [-0.25, -0.2) is 4.98 Å². The maximum atomic E-state index is 11.6. The van der Waals surface area contributed by atoms with E-state index in [1.807, 2.05) is 6.07 Å². The first-order valence-corrected chi connectivity index (χ1v) is 6.89. The number of nitrogens with zero attached hydrogens (tertiary/aromatic N) is 2. The van der Waals surface area contributed by atoms with E-state index in [0.717, 1.165) is 12.8 Å². The van der Waals surface area contributed by atoms with Crippen molar-refractivity contribution in [3.63, 3.8) is 0 Å². The molecule has 1 fully saturated rings. The number of hydrogen-bond donors (Lipinski definition) is 2. The number of carboxylic acids is 1. The lowest BCUT2D eigenvalue weighted by Crippen LogP contribution is -2.41. The van der Waals surface area contributed by atoms with Crippen LogP contribution < -0.4 is 5.32 Å². The molecule has 1 aromatic heterocycles.